The van der Waals surface area contributed by atoms with E-state index in [2.05, 4.69) is 6.58 Å². The Kier molecular flexibility index (Phi) is 7.17. The second-order valence-corrected chi connectivity index (χ2v) is 10.1. The van der Waals surface area contributed by atoms with Crippen LogP contribution >= 0.6 is 0 Å². The molecule has 3 aromatic carbocycles. The molecule has 1 fully saturated rings. The Balaban J connectivity index is 1.39. The fourth-order valence-electron chi connectivity index (χ4n) is 6.20. The minimum Gasteiger partial charge on any atom is -0.493 e. The summed E-state index contributed by atoms with van der Waals surface area (Å²) < 4.78 is 39.2. The van der Waals surface area contributed by atoms with Gasteiger partial charge in [0.25, 0.3) is 0 Å². The monoisotopic (exact) mass is 558 g/mol. The average Bonchev–Trinajstić information content (AvgIpc) is 3.62. The van der Waals surface area contributed by atoms with Gasteiger partial charge < -0.3 is 33.2 Å². The van der Waals surface area contributed by atoms with Crippen LogP contribution in [0.15, 0.2) is 67.3 Å². The van der Waals surface area contributed by atoms with Crippen LogP contribution < -0.4 is 23.7 Å². The molecular formula is C32H30O9. The van der Waals surface area contributed by atoms with Gasteiger partial charge in [0.2, 0.25) is 12.5 Å². The Hall–Kier alpha value is -4.66. The molecule has 0 amide bonds. The first-order valence-corrected chi connectivity index (χ1v) is 13.4. The van der Waals surface area contributed by atoms with E-state index in [0.717, 1.165) is 22.3 Å². The van der Waals surface area contributed by atoms with E-state index in [1.54, 1.807) is 12.1 Å². The van der Waals surface area contributed by atoms with E-state index in [-0.39, 0.29) is 66.9 Å². The summed E-state index contributed by atoms with van der Waals surface area (Å²) in [4.78, 5) is 25.7. The molecule has 2 heterocycles. The fraction of sp³-hybridized carbons (Fsp3) is 0.312. The topological polar surface area (TPSA) is 98.8 Å². The second kappa shape index (κ2) is 11.1. The van der Waals surface area contributed by atoms with Crippen molar-refractivity contribution in [2.24, 2.45) is 11.8 Å². The SMILES string of the molecule is C=CC[C@@H]1c2cc3c(cc2[C@@H](c2cc(OC)c(OC(=O)OCc4ccccc4)c(OC)c2)[C@H]2COC(=O)[C@@H]21)OCO3. The third-order valence-corrected chi connectivity index (χ3v) is 7.97. The number of hydrogen-bond donors (Lipinski definition) is 0. The molecule has 212 valence electrons. The smallest absolute Gasteiger partial charge is 0.493 e. The molecule has 1 aliphatic carbocycles. The number of hydrogen-bond acceptors (Lipinski definition) is 9. The zero-order chi connectivity index (χ0) is 28.5. The lowest BCUT2D eigenvalue weighted by Gasteiger charge is -2.39. The molecule has 0 N–H and O–H groups in total. The van der Waals surface area contributed by atoms with Crippen molar-refractivity contribution in [3.8, 4) is 28.7 Å². The second-order valence-electron chi connectivity index (χ2n) is 10.1. The maximum absolute atomic E-state index is 13.1. The van der Waals surface area contributed by atoms with Crippen molar-refractivity contribution < 1.29 is 42.7 Å². The molecule has 6 rings (SSSR count). The zero-order valence-electron chi connectivity index (χ0n) is 22.8. The number of carbonyl (C=O) groups excluding carboxylic acids is 2. The van der Waals surface area contributed by atoms with E-state index in [1.165, 1.54) is 14.2 Å². The molecule has 9 nitrogen and oxygen atoms in total. The lowest BCUT2D eigenvalue weighted by Crippen LogP contribution is -2.34. The van der Waals surface area contributed by atoms with E-state index in [0.29, 0.717) is 17.9 Å². The lowest BCUT2D eigenvalue weighted by molar-refractivity contribution is -0.141. The van der Waals surface area contributed by atoms with Crippen LogP contribution in [0.25, 0.3) is 0 Å². The fourth-order valence-corrected chi connectivity index (χ4v) is 6.20. The largest absolute Gasteiger partial charge is 0.514 e. The Labute approximate surface area is 237 Å². The summed E-state index contributed by atoms with van der Waals surface area (Å²) in [7, 11) is 2.97. The van der Waals surface area contributed by atoms with Crippen molar-refractivity contribution in [3.05, 3.63) is 89.5 Å². The van der Waals surface area contributed by atoms with Gasteiger partial charge in [-0.3, -0.25) is 4.79 Å². The predicted octanol–water partition coefficient (Wildman–Crippen LogP) is 5.74. The molecule has 0 spiro atoms. The Morgan fingerprint density at radius 1 is 0.976 bits per heavy atom. The van der Waals surface area contributed by atoms with E-state index in [9.17, 15) is 9.59 Å². The van der Waals surface area contributed by atoms with E-state index >= 15 is 0 Å². The van der Waals surface area contributed by atoms with Gasteiger partial charge in [-0.1, -0.05) is 36.4 Å². The van der Waals surface area contributed by atoms with E-state index in [1.807, 2.05) is 48.5 Å². The summed E-state index contributed by atoms with van der Waals surface area (Å²) in [6, 6.07) is 16.9. The highest BCUT2D eigenvalue weighted by atomic mass is 16.7. The van der Waals surface area contributed by atoms with Crippen LogP contribution in [0.4, 0.5) is 4.79 Å². The highest BCUT2D eigenvalue weighted by molar-refractivity contribution is 5.78. The van der Waals surface area contributed by atoms with E-state index < -0.39 is 6.16 Å². The van der Waals surface area contributed by atoms with Gasteiger partial charge in [-0.2, -0.15) is 0 Å². The molecule has 3 aliphatic rings. The molecule has 0 saturated carbocycles. The van der Waals surface area contributed by atoms with Gasteiger partial charge in [0.15, 0.2) is 23.0 Å². The quantitative estimate of drug-likeness (QED) is 0.195. The number of rotatable bonds is 8. The predicted molar refractivity (Wildman–Crippen MR) is 147 cm³/mol. The zero-order valence-corrected chi connectivity index (χ0v) is 22.8. The first-order valence-electron chi connectivity index (χ1n) is 13.4. The molecule has 0 aromatic heterocycles. The van der Waals surface area contributed by atoms with Gasteiger partial charge in [0, 0.05) is 17.8 Å². The van der Waals surface area contributed by atoms with Gasteiger partial charge in [-0.05, 0) is 52.9 Å². The standard InChI is InChI=1S/C32H30O9/c1-4-8-20-21-13-24-25(40-17-39-24)14-22(21)28(23-16-37-31(33)29(20)23)19-11-26(35-2)30(27(12-19)36-3)41-32(34)38-15-18-9-6-5-7-10-18/h4-7,9-14,20,23,28-29H,1,8,15-17H2,2-3H3/t20-,23-,28-,29-/m1/s1. The molecule has 41 heavy (non-hydrogen) atoms. The van der Waals surface area contributed by atoms with Crippen LogP contribution in [0.5, 0.6) is 28.7 Å². The summed E-state index contributed by atoms with van der Waals surface area (Å²) in [5, 5.41) is 0. The molecule has 2 aliphatic heterocycles. The molecule has 1 saturated heterocycles. The normalized spacial score (nSPS) is 21.8. The minimum absolute atomic E-state index is 0.0559. The van der Waals surface area contributed by atoms with Gasteiger partial charge >= 0.3 is 12.1 Å². The molecule has 0 unspecified atom stereocenters. The summed E-state index contributed by atoms with van der Waals surface area (Å²) in [6.07, 6.45) is 1.55. The lowest BCUT2D eigenvalue weighted by atomic mass is 9.62. The van der Waals surface area contributed by atoms with Gasteiger partial charge in [-0.25, -0.2) is 4.79 Å². The van der Waals surface area contributed by atoms with E-state index in [4.69, 9.17) is 33.2 Å². The third-order valence-electron chi connectivity index (χ3n) is 7.97. The summed E-state index contributed by atoms with van der Waals surface area (Å²) in [5.74, 6) is 0.835. The number of fused-ring (bicyclic) bond motifs is 3. The van der Waals surface area contributed by atoms with Crippen LogP contribution in [0, 0.1) is 11.8 Å². The third kappa shape index (κ3) is 4.81. The van der Waals surface area contributed by atoms with Crippen LogP contribution in [0.1, 0.15) is 40.5 Å². The highest BCUT2D eigenvalue weighted by Gasteiger charge is 2.52. The van der Waals surface area contributed by atoms with Crippen LogP contribution in [-0.2, 0) is 20.9 Å². The van der Waals surface area contributed by atoms with Gasteiger partial charge in [0.1, 0.15) is 6.61 Å². The molecule has 4 atom stereocenters. The average molecular weight is 559 g/mol. The van der Waals surface area contributed by atoms with Gasteiger partial charge in [0.05, 0.1) is 26.7 Å². The van der Waals surface area contributed by atoms with Crippen molar-refractivity contribution in [1.29, 1.82) is 0 Å². The molecular weight excluding hydrogens is 528 g/mol. The maximum Gasteiger partial charge on any atom is 0.514 e. The number of ether oxygens (including phenoxy) is 7. The number of allylic oxidation sites excluding steroid dienone is 1. The summed E-state index contributed by atoms with van der Waals surface area (Å²) >= 11 is 0. The van der Waals surface area contributed by atoms with Crippen molar-refractivity contribution >= 4 is 12.1 Å². The maximum atomic E-state index is 13.1. The minimum atomic E-state index is -0.893. The summed E-state index contributed by atoms with van der Waals surface area (Å²) in [5.41, 5.74) is 3.63. The number of esters is 1. The first kappa shape index (κ1) is 26.6. The van der Waals surface area contributed by atoms with Crippen LogP contribution in [-0.4, -0.2) is 39.7 Å². The molecule has 3 aromatic rings. The van der Waals surface area contributed by atoms with Crippen molar-refractivity contribution in [1.82, 2.24) is 0 Å². The molecule has 9 heteroatoms. The highest BCUT2D eigenvalue weighted by Crippen LogP contribution is 2.57. The van der Waals surface area contributed by atoms with Crippen LogP contribution in [0.2, 0.25) is 0 Å². The molecule has 0 radical (unpaired) electrons. The number of benzene rings is 3. The number of methoxy groups -OCH3 is 2. The first-order chi connectivity index (χ1) is 20.0. The Morgan fingerprint density at radius 3 is 2.32 bits per heavy atom. The summed E-state index contributed by atoms with van der Waals surface area (Å²) in [6.45, 7) is 4.39. The Morgan fingerprint density at radius 2 is 1.66 bits per heavy atom. The number of carbonyl (C=O) groups is 2. The molecule has 0 bridgehead atoms. The van der Waals surface area contributed by atoms with Crippen LogP contribution in [0.3, 0.4) is 0 Å². The number of cyclic esters (lactones) is 1. The Bertz CT molecular complexity index is 1460. The van der Waals surface area contributed by atoms with Gasteiger partial charge in [-0.15, -0.1) is 6.58 Å². The van der Waals surface area contributed by atoms with Crippen molar-refractivity contribution in [3.63, 3.8) is 0 Å². The van der Waals surface area contributed by atoms with Crippen molar-refractivity contribution in [2.45, 2.75) is 24.9 Å². The van der Waals surface area contributed by atoms with Crippen molar-refractivity contribution in [2.75, 3.05) is 27.6 Å².